The number of ketones is 2. The van der Waals surface area contributed by atoms with Crippen molar-refractivity contribution in [2.45, 2.75) is 17.9 Å². The summed E-state index contributed by atoms with van der Waals surface area (Å²) in [6, 6.07) is 16.3. The minimum absolute atomic E-state index is 0.0143. The summed E-state index contributed by atoms with van der Waals surface area (Å²) in [6.07, 6.45) is -6.21. The van der Waals surface area contributed by atoms with E-state index in [4.69, 9.17) is 16.3 Å². The van der Waals surface area contributed by atoms with E-state index in [1.54, 1.807) is 12.1 Å². The lowest BCUT2D eigenvalue weighted by Gasteiger charge is -2.28. The van der Waals surface area contributed by atoms with Crippen molar-refractivity contribution in [3.05, 3.63) is 100 Å². The lowest BCUT2D eigenvalue weighted by molar-refractivity contribution is -0.137. The van der Waals surface area contributed by atoms with Crippen molar-refractivity contribution in [3.8, 4) is 0 Å². The van der Waals surface area contributed by atoms with Gasteiger partial charge in [-0.2, -0.15) is 13.2 Å². The molecule has 0 radical (unpaired) electrons. The average Bonchev–Trinajstić information content (AvgIpc) is 3.44. The fraction of sp³-hybridized carbons (Fsp3) is 0.185. The Labute approximate surface area is 212 Å². The number of amides is 2. The van der Waals surface area contributed by atoms with Crippen LogP contribution in [0.25, 0.3) is 0 Å². The molecule has 186 valence electrons. The number of nitrogens with zero attached hydrogens (tertiary/aromatic N) is 1. The van der Waals surface area contributed by atoms with Crippen LogP contribution in [-0.2, 0) is 20.5 Å². The maximum absolute atomic E-state index is 13.9. The molecule has 2 heterocycles. The first kappa shape index (κ1) is 23.6. The van der Waals surface area contributed by atoms with Gasteiger partial charge in [0.25, 0.3) is 0 Å². The Hall–Kier alpha value is -3.82. The van der Waals surface area contributed by atoms with Crippen molar-refractivity contribution in [2.24, 2.45) is 11.8 Å². The number of alkyl halides is 3. The first-order valence-corrected chi connectivity index (χ1v) is 11.6. The number of Topliss-reactive ketones (excluding diaryl/α,β-unsaturated/α-hetero) is 2. The molecule has 3 aromatic rings. The van der Waals surface area contributed by atoms with Crippen LogP contribution in [0.4, 0.5) is 18.9 Å². The summed E-state index contributed by atoms with van der Waals surface area (Å²) >= 11 is 6.37. The molecule has 0 unspecified atom stereocenters. The minimum atomic E-state index is -4.87. The Morgan fingerprint density at radius 2 is 1.35 bits per heavy atom. The van der Waals surface area contributed by atoms with Gasteiger partial charge in [0.15, 0.2) is 0 Å². The highest BCUT2D eigenvalue weighted by atomic mass is 35.5. The van der Waals surface area contributed by atoms with Crippen molar-refractivity contribution >= 4 is 40.7 Å². The topological polar surface area (TPSA) is 80.8 Å². The van der Waals surface area contributed by atoms with Gasteiger partial charge in [-0.3, -0.25) is 19.2 Å². The summed E-state index contributed by atoms with van der Waals surface area (Å²) in [5, 5.41) is 0.146. The molecule has 2 aliphatic heterocycles. The van der Waals surface area contributed by atoms with Crippen molar-refractivity contribution in [2.75, 3.05) is 4.90 Å². The molecule has 0 saturated carbocycles. The fourth-order valence-electron chi connectivity index (χ4n) is 5.65. The van der Waals surface area contributed by atoms with Crippen LogP contribution in [0, 0.1) is 11.8 Å². The quantitative estimate of drug-likeness (QED) is 0.345. The Balaban J connectivity index is 1.58. The third-order valence-corrected chi connectivity index (χ3v) is 7.53. The van der Waals surface area contributed by atoms with Crippen molar-refractivity contribution < 1.29 is 37.1 Å². The fourth-order valence-corrected chi connectivity index (χ4v) is 5.89. The number of rotatable bonds is 2. The van der Waals surface area contributed by atoms with Crippen LogP contribution in [0.5, 0.6) is 0 Å². The lowest BCUT2D eigenvalue weighted by Crippen LogP contribution is -2.51. The summed E-state index contributed by atoms with van der Waals surface area (Å²) in [5.41, 5.74) is -4.02. The third-order valence-electron chi connectivity index (χ3n) is 7.18. The number of para-hydroxylation sites is 1. The van der Waals surface area contributed by atoms with Gasteiger partial charge in [-0.1, -0.05) is 66.2 Å². The molecule has 0 bridgehead atoms. The molecule has 1 aliphatic carbocycles. The van der Waals surface area contributed by atoms with E-state index in [-0.39, 0.29) is 21.7 Å². The molecule has 3 atom stereocenters. The molecular weight excluding hydrogens is 511 g/mol. The highest BCUT2D eigenvalue weighted by Crippen LogP contribution is 2.58. The monoisotopic (exact) mass is 525 g/mol. The predicted octanol–water partition coefficient (Wildman–Crippen LogP) is 5.05. The second-order valence-corrected chi connectivity index (χ2v) is 9.44. The van der Waals surface area contributed by atoms with Crippen molar-refractivity contribution in [3.63, 3.8) is 0 Å². The molecule has 6 nitrogen and oxygen atoms in total. The van der Waals surface area contributed by atoms with Gasteiger partial charge in [0.2, 0.25) is 29.0 Å². The van der Waals surface area contributed by atoms with Crippen LogP contribution in [0.1, 0.15) is 37.9 Å². The van der Waals surface area contributed by atoms with Gasteiger partial charge in [-0.05, 0) is 18.2 Å². The molecule has 0 N–H and O–H groups in total. The van der Waals surface area contributed by atoms with Crippen molar-refractivity contribution in [1.82, 2.24) is 0 Å². The van der Waals surface area contributed by atoms with Crippen LogP contribution < -0.4 is 4.90 Å². The predicted molar refractivity (Wildman–Crippen MR) is 124 cm³/mol. The molecule has 2 amide bonds. The van der Waals surface area contributed by atoms with E-state index in [0.717, 1.165) is 18.2 Å². The molecule has 1 spiro atoms. The average molecular weight is 526 g/mol. The summed E-state index contributed by atoms with van der Waals surface area (Å²) in [6.45, 7) is 0. The second kappa shape index (κ2) is 7.84. The smallest absolute Gasteiger partial charge is 0.349 e. The van der Waals surface area contributed by atoms with Crippen LogP contribution in [0.3, 0.4) is 0 Å². The van der Waals surface area contributed by atoms with E-state index < -0.39 is 64.3 Å². The normalized spacial score (nSPS) is 24.2. The van der Waals surface area contributed by atoms with Gasteiger partial charge in [-0.25, -0.2) is 4.90 Å². The number of hydrogen-bond acceptors (Lipinski definition) is 5. The van der Waals surface area contributed by atoms with Crippen molar-refractivity contribution in [1.29, 1.82) is 0 Å². The highest BCUT2D eigenvalue weighted by molar-refractivity contribution is 6.37. The Morgan fingerprint density at radius 1 is 0.784 bits per heavy atom. The SMILES string of the molecule is O=C1[C@@H]2[C@@H](c3ccccc3Cl)OC3(C(=O)c4ccccc4C3=O)[C@@H]2C(=O)N1c1ccccc1C(F)(F)F. The van der Waals surface area contributed by atoms with Crippen LogP contribution in [0.15, 0.2) is 72.8 Å². The number of fused-ring (bicyclic) bond motifs is 3. The van der Waals surface area contributed by atoms with E-state index in [9.17, 15) is 32.3 Å². The summed E-state index contributed by atoms with van der Waals surface area (Å²) in [4.78, 5) is 55.5. The zero-order valence-corrected chi connectivity index (χ0v) is 19.4. The largest absolute Gasteiger partial charge is 0.418 e. The van der Waals surface area contributed by atoms with Gasteiger partial charge < -0.3 is 4.74 Å². The summed E-state index contributed by atoms with van der Waals surface area (Å²) in [5.74, 6) is -6.90. The Bertz CT molecular complexity index is 1500. The summed E-state index contributed by atoms with van der Waals surface area (Å²) < 4.78 is 47.6. The minimum Gasteiger partial charge on any atom is -0.349 e. The van der Waals surface area contributed by atoms with Gasteiger partial charge in [-0.15, -0.1) is 0 Å². The number of halogens is 4. The number of benzene rings is 3. The molecule has 3 aromatic carbocycles. The molecule has 37 heavy (non-hydrogen) atoms. The molecule has 0 aromatic heterocycles. The maximum atomic E-state index is 13.9. The van der Waals surface area contributed by atoms with Gasteiger partial charge in [0.05, 0.1) is 29.2 Å². The number of anilines is 1. The highest BCUT2D eigenvalue weighted by Gasteiger charge is 2.75. The van der Waals surface area contributed by atoms with E-state index >= 15 is 0 Å². The number of carbonyl (C=O) groups excluding carboxylic acids is 4. The van der Waals surface area contributed by atoms with E-state index in [1.165, 1.54) is 42.5 Å². The molecule has 2 fully saturated rings. The first-order valence-electron chi connectivity index (χ1n) is 11.2. The zero-order chi connectivity index (χ0) is 26.3. The van der Waals surface area contributed by atoms with Crippen LogP contribution >= 0.6 is 11.6 Å². The zero-order valence-electron chi connectivity index (χ0n) is 18.7. The Kier molecular flexibility index (Phi) is 4.99. The van der Waals surface area contributed by atoms with Gasteiger partial charge >= 0.3 is 6.18 Å². The molecule has 2 saturated heterocycles. The van der Waals surface area contributed by atoms with E-state index in [1.807, 2.05) is 0 Å². The molecule has 3 aliphatic rings. The Morgan fingerprint density at radius 3 is 1.97 bits per heavy atom. The van der Waals surface area contributed by atoms with Gasteiger partial charge in [0, 0.05) is 21.7 Å². The molecule has 10 heteroatoms. The third kappa shape index (κ3) is 3.04. The van der Waals surface area contributed by atoms with Gasteiger partial charge in [0.1, 0.15) is 0 Å². The maximum Gasteiger partial charge on any atom is 0.418 e. The second-order valence-electron chi connectivity index (χ2n) is 9.03. The van der Waals surface area contributed by atoms with Crippen LogP contribution in [0.2, 0.25) is 5.02 Å². The summed E-state index contributed by atoms with van der Waals surface area (Å²) in [7, 11) is 0. The lowest BCUT2D eigenvalue weighted by atomic mass is 9.77. The number of ether oxygens (including phenoxy) is 1. The van der Waals surface area contributed by atoms with E-state index in [2.05, 4.69) is 0 Å². The van der Waals surface area contributed by atoms with Crippen LogP contribution in [-0.4, -0.2) is 29.0 Å². The standard InChI is InChI=1S/C27H15ClF3NO5/c28-17-11-5-3-9-15(17)21-19-20(26(37-21)22(33)13-7-1-2-8-14(13)23(26)34)25(36)32(24(19)35)18-12-6-4-10-16(18)27(29,30)31/h1-12,19-21H/t19-,20-,21+/m0/s1. The first-order chi connectivity index (χ1) is 17.6. The molecular formula is C27H15ClF3NO5. The number of imide groups is 1. The molecule has 6 rings (SSSR count). The number of hydrogen-bond donors (Lipinski definition) is 0. The number of carbonyl (C=O) groups is 4. The van der Waals surface area contributed by atoms with E-state index in [0.29, 0.717) is 4.90 Å².